The molecule has 0 spiro atoms. The van der Waals surface area contributed by atoms with Gasteiger partial charge in [-0.3, -0.25) is 14.5 Å². The van der Waals surface area contributed by atoms with E-state index in [1.165, 1.54) is 0 Å². The summed E-state index contributed by atoms with van der Waals surface area (Å²) in [5.41, 5.74) is 10.8. The van der Waals surface area contributed by atoms with Crippen LogP contribution in [0.25, 0.3) is 72.4 Å². The molecule has 0 saturated carbocycles. The van der Waals surface area contributed by atoms with Crippen LogP contribution in [0.1, 0.15) is 0 Å². The van der Waals surface area contributed by atoms with Crippen LogP contribution in [0.2, 0.25) is 0 Å². The molecule has 0 radical (unpaired) electrons. The molecule has 0 atom stereocenters. The molecule has 4 heteroatoms. The summed E-state index contributed by atoms with van der Waals surface area (Å²) in [7, 11) is 0. The van der Waals surface area contributed by atoms with E-state index in [0.29, 0.717) is 0 Å². The summed E-state index contributed by atoms with van der Waals surface area (Å²) >= 11 is 0. The highest BCUT2D eigenvalue weighted by atomic mass is 15.1. The normalized spacial score (nSPS) is 11.3. The molecule has 4 nitrogen and oxygen atoms in total. The van der Waals surface area contributed by atoms with Gasteiger partial charge in [0.1, 0.15) is 5.82 Å². The van der Waals surface area contributed by atoms with E-state index >= 15 is 0 Å². The summed E-state index contributed by atoms with van der Waals surface area (Å²) < 4.78 is 2.23. The molecule has 0 bridgehead atoms. The zero-order valence-electron chi connectivity index (χ0n) is 23.3. The number of benzene rings is 4. The molecule has 0 fully saturated rings. The number of hydrogen-bond donors (Lipinski definition) is 0. The largest absolute Gasteiger partial charge is 0.294 e. The van der Waals surface area contributed by atoms with E-state index in [0.717, 1.165) is 72.4 Å². The summed E-state index contributed by atoms with van der Waals surface area (Å²) in [5, 5.41) is 2.30. The van der Waals surface area contributed by atoms with Gasteiger partial charge < -0.3 is 0 Å². The second-order valence-corrected chi connectivity index (χ2v) is 10.6. The molecule has 0 aliphatic heterocycles. The maximum absolute atomic E-state index is 4.85. The van der Waals surface area contributed by atoms with Gasteiger partial charge in [0, 0.05) is 51.6 Å². The van der Waals surface area contributed by atoms with Gasteiger partial charge in [-0.25, -0.2) is 4.98 Å². The van der Waals surface area contributed by atoms with Crippen molar-refractivity contribution in [1.82, 2.24) is 19.5 Å². The van der Waals surface area contributed by atoms with Gasteiger partial charge in [0.25, 0.3) is 0 Å². The summed E-state index contributed by atoms with van der Waals surface area (Å²) in [4.78, 5) is 14.4. The number of nitrogens with zero attached hydrogens (tertiary/aromatic N) is 4. The van der Waals surface area contributed by atoms with Crippen LogP contribution in [-0.2, 0) is 0 Å². The summed E-state index contributed by atoms with van der Waals surface area (Å²) in [5.74, 6) is 0.888. The molecule has 0 aliphatic rings. The average molecular weight is 551 g/mol. The zero-order chi connectivity index (χ0) is 28.6. The van der Waals surface area contributed by atoms with Crippen molar-refractivity contribution in [2.24, 2.45) is 0 Å². The van der Waals surface area contributed by atoms with Gasteiger partial charge in [-0.15, -0.1) is 0 Å². The zero-order valence-corrected chi connectivity index (χ0v) is 23.3. The van der Waals surface area contributed by atoms with Crippen LogP contribution in [0.5, 0.6) is 0 Å². The van der Waals surface area contributed by atoms with Crippen molar-refractivity contribution in [3.63, 3.8) is 0 Å². The summed E-state index contributed by atoms with van der Waals surface area (Å²) in [6.07, 6.45) is 5.75. The van der Waals surface area contributed by atoms with Crippen LogP contribution in [0.15, 0.2) is 158 Å². The Labute approximate surface area is 249 Å². The Bertz CT molecular complexity index is 2050. The average Bonchev–Trinajstić information content (AvgIpc) is 3.42. The summed E-state index contributed by atoms with van der Waals surface area (Å²) in [6.45, 7) is 0. The van der Waals surface area contributed by atoms with Crippen molar-refractivity contribution < 1.29 is 0 Å². The first-order chi connectivity index (χ1) is 21.3. The predicted octanol–water partition coefficient (Wildman–Crippen LogP) is 9.64. The fraction of sp³-hybridized carbons (Fsp3) is 0. The van der Waals surface area contributed by atoms with Crippen molar-refractivity contribution >= 4 is 21.8 Å². The van der Waals surface area contributed by atoms with E-state index in [1.54, 1.807) is 0 Å². The standard InChI is InChI=1S/C39H26N4/c1-3-9-27(10-4-1)31-14-18-35(41-25-31)29-16-20-37-33(23-29)34-24-30(17-21-38(34)43(37)39-13-7-8-22-40-39)36-19-15-32(26-42-36)28-11-5-2-6-12-28/h1-26H. The SMILES string of the molecule is c1ccc(-c2ccc(-c3ccc4c(c3)c3cc(-c5ccc(-c6ccccc6)cn5)ccc3n4-c3ccccn3)nc2)cc1. The molecule has 0 saturated heterocycles. The first kappa shape index (κ1) is 24.9. The minimum Gasteiger partial charge on any atom is -0.294 e. The summed E-state index contributed by atoms with van der Waals surface area (Å²) in [6, 6.07) is 48.4. The van der Waals surface area contributed by atoms with E-state index in [1.807, 2.05) is 42.9 Å². The molecule has 43 heavy (non-hydrogen) atoms. The Morgan fingerprint density at radius 3 is 1.30 bits per heavy atom. The third-order valence-corrected chi connectivity index (χ3v) is 7.98. The second-order valence-electron chi connectivity index (χ2n) is 10.6. The van der Waals surface area contributed by atoms with Crippen molar-refractivity contribution in [2.75, 3.05) is 0 Å². The van der Waals surface area contributed by atoms with Crippen LogP contribution in [0, 0.1) is 0 Å². The van der Waals surface area contributed by atoms with E-state index in [2.05, 4.69) is 120 Å². The Morgan fingerprint density at radius 2 is 0.860 bits per heavy atom. The van der Waals surface area contributed by atoms with Crippen molar-refractivity contribution in [1.29, 1.82) is 0 Å². The lowest BCUT2D eigenvalue weighted by Gasteiger charge is -2.08. The highest BCUT2D eigenvalue weighted by Crippen LogP contribution is 2.36. The molecular weight excluding hydrogens is 524 g/mol. The second kappa shape index (κ2) is 10.5. The highest BCUT2D eigenvalue weighted by molar-refractivity contribution is 6.11. The molecule has 202 valence electrons. The van der Waals surface area contributed by atoms with Gasteiger partial charge in [0.05, 0.1) is 22.4 Å². The molecule has 0 N–H and O–H groups in total. The molecular formula is C39H26N4. The van der Waals surface area contributed by atoms with Crippen LogP contribution < -0.4 is 0 Å². The number of aromatic nitrogens is 4. The molecule has 4 aromatic heterocycles. The maximum atomic E-state index is 4.85. The molecule has 4 aromatic carbocycles. The lowest BCUT2D eigenvalue weighted by Crippen LogP contribution is -1.96. The van der Waals surface area contributed by atoms with Crippen molar-refractivity contribution in [3.8, 4) is 50.6 Å². The van der Waals surface area contributed by atoms with Gasteiger partial charge in [0.2, 0.25) is 0 Å². The molecule has 0 amide bonds. The van der Waals surface area contributed by atoms with Gasteiger partial charge in [-0.05, 0) is 59.7 Å². The molecule has 0 unspecified atom stereocenters. The molecule has 8 aromatic rings. The smallest absolute Gasteiger partial charge is 0.137 e. The number of fused-ring (bicyclic) bond motifs is 3. The van der Waals surface area contributed by atoms with E-state index in [9.17, 15) is 0 Å². The number of rotatable bonds is 5. The fourth-order valence-electron chi connectivity index (χ4n) is 5.81. The monoisotopic (exact) mass is 550 g/mol. The first-order valence-electron chi connectivity index (χ1n) is 14.4. The predicted molar refractivity (Wildman–Crippen MR) is 176 cm³/mol. The van der Waals surface area contributed by atoms with Crippen LogP contribution in [-0.4, -0.2) is 19.5 Å². The topological polar surface area (TPSA) is 43.6 Å². The lowest BCUT2D eigenvalue weighted by molar-refractivity contribution is 1.08. The highest BCUT2D eigenvalue weighted by Gasteiger charge is 2.16. The van der Waals surface area contributed by atoms with Gasteiger partial charge in [-0.1, -0.05) is 91.0 Å². The number of hydrogen-bond acceptors (Lipinski definition) is 3. The third kappa shape index (κ3) is 4.55. The van der Waals surface area contributed by atoms with Crippen molar-refractivity contribution in [3.05, 3.63) is 158 Å². The molecule has 4 heterocycles. The first-order valence-corrected chi connectivity index (χ1v) is 14.4. The Kier molecular flexibility index (Phi) is 6.08. The molecule has 0 aliphatic carbocycles. The fourth-order valence-corrected chi connectivity index (χ4v) is 5.81. The van der Waals surface area contributed by atoms with E-state index < -0.39 is 0 Å². The minimum absolute atomic E-state index is 0.888. The van der Waals surface area contributed by atoms with Crippen LogP contribution in [0.3, 0.4) is 0 Å². The Hall–Kier alpha value is -5.87. The van der Waals surface area contributed by atoms with Crippen LogP contribution >= 0.6 is 0 Å². The number of pyridine rings is 3. The molecule has 8 rings (SSSR count). The van der Waals surface area contributed by atoms with Crippen LogP contribution in [0.4, 0.5) is 0 Å². The van der Waals surface area contributed by atoms with E-state index in [-0.39, 0.29) is 0 Å². The lowest BCUT2D eigenvalue weighted by atomic mass is 10.0. The third-order valence-electron chi connectivity index (χ3n) is 7.98. The Morgan fingerprint density at radius 1 is 0.372 bits per heavy atom. The van der Waals surface area contributed by atoms with Crippen molar-refractivity contribution in [2.45, 2.75) is 0 Å². The van der Waals surface area contributed by atoms with Gasteiger partial charge in [0.15, 0.2) is 0 Å². The Balaban J connectivity index is 1.25. The van der Waals surface area contributed by atoms with E-state index in [4.69, 9.17) is 15.0 Å². The maximum Gasteiger partial charge on any atom is 0.137 e. The quantitative estimate of drug-likeness (QED) is 0.214. The van der Waals surface area contributed by atoms with Gasteiger partial charge >= 0.3 is 0 Å². The van der Waals surface area contributed by atoms with Gasteiger partial charge in [-0.2, -0.15) is 0 Å². The minimum atomic E-state index is 0.888.